The topological polar surface area (TPSA) is 190 Å². The molecule has 0 radical (unpaired) electrons. The van der Waals surface area contributed by atoms with E-state index in [1.54, 1.807) is 30.8 Å². The maximum absolute atomic E-state index is 12.8. The van der Waals surface area contributed by atoms with Crippen molar-refractivity contribution in [3.8, 4) is 0 Å². The summed E-state index contributed by atoms with van der Waals surface area (Å²) in [6.07, 6.45) is 2.81. The second-order valence-electron chi connectivity index (χ2n) is 12.9. The number of nitrogen functional groups attached to an aromatic ring is 2. The van der Waals surface area contributed by atoms with Crippen LogP contribution < -0.4 is 16.8 Å². The molecule has 44 heavy (non-hydrogen) atoms. The second-order valence-corrected chi connectivity index (χ2v) is 14.9. The number of rotatable bonds is 10. The van der Waals surface area contributed by atoms with E-state index < -0.39 is 40.4 Å². The van der Waals surface area contributed by atoms with Crippen LogP contribution in [0.2, 0.25) is 0 Å². The van der Waals surface area contributed by atoms with Crippen LogP contribution in [-0.2, 0) is 34.4 Å². The highest BCUT2D eigenvalue weighted by molar-refractivity contribution is 7.88. The lowest BCUT2D eigenvalue weighted by atomic mass is 9.86. The van der Waals surface area contributed by atoms with Crippen molar-refractivity contribution >= 4 is 44.3 Å². The standard InChI is InChI=1S/C29H42N8O6S/c1-28(2,3)17-10-11-18(30)19(13-17)35-21(38)9-7-8-12-36(44(6,39)40)14-20-23-24(43-29(4,5)42-23)27(41-20)37-16-34-22-25(31)32-15-33-26(22)37/h10-11,13,15-16,20,23-24,27H,7-9,12,14,30H2,1-6H3,(H,35,38)(H2,31,32,33)/t20-,23-,24-,27-/m1/s1. The summed E-state index contributed by atoms with van der Waals surface area (Å²) in [5.41, 5.74) is 15.0. The van der Waals surface area contributed by atoms with E-state index in [1.807, 2.05) is 12.1 Å². The first-order valence-electron chi connectivity index (χ1n) is 14.6. The summed E-state index contributed by atoms with van der Waals surface area (Å²) >= 11 is 0. The number of ether oxygens (including phenoxy) is 3. The smallest absolute Gasteiger partial charge is 0.224 e. The van der Waals surface area contributed by atoms with Gasteiger partial charge in [-0.05, 0) is 49.8 Å². The number of anilines is 3. The van der Waals surface area contributed by atoms with Gasteiger partial charge in [0.15, 0.2) is 23.5 Å². The predicted molar refractivity (Wildman–Crippen MR) is 166 cm³/mol. The Hall–Kier alpha value is -3.37. The molecule has 3 aromatic rings. The monoisotopic (exact) mass is 630 g/mol. The summed E-state index contributed by atoms with van der Waals surface area (Å²) < 4.78 is 47.5. The maximum Gasteiger partial charge on any atom is 0.224 e. The van der Waals surface area contributed by atoms with Crippen molar-refractivity contribution in [1.82, 2.24) is 23.8 Å². The molecule has 1 aromatic carbocycles. The van der Waals surface area contributed by atoms with Crippen LogP contribution in [0.1, 0.15) is 65.7 Å². The Morgan fingerprint density at radius 2 is 1.84 bits per heavy atom. The first kappa shape index (κ1) is 32.0. The molecule has 1 amide bonds. The number of fused-ring (bicyclic) bond motifs is 2. The Labute approximate surface area is 257 Å². The van der Waals surface area contributed by atoms with Crippen molar-refractivity contribution in [3.05, 3.63) is 36.4 Å². The van der Waals surface area contributed by atoms with Gasteiger partial charge in [-0.25, -0.2) is 23.4 Å². The quantitative estimate of drug-likeness (QED) is 0.221. The van der Waals surface area contributed by atoms with Gasteiger partial charge in [-0.2, -0.15) is 4.31 Å². The number of carbonyl (C=O) groups excluding carboxylic acids is 1. The normalized spacial score (nSPS) is 23.3. The molecule has 5 rings (SSSR count). The highest BCUT2D eigenvalue weighted by atomic mass is 32.2. The fraction of sp³-hybridized carbons (Fsp3) is 0.586. The molecule has 2 aliphatic rings. The molecule has 0 spiro atoms. The van der Waals surface area contributed by atoms with Crippen molar-refractivity contribution in [2.24, 2.45) is 0 Å². The zero-order chi connectivity index (χ0) is 32.0. The van der Waals surface area contributed by atoms with E-state index in [9.17, 15) is 13.2 Å². The number of aromatic nitrogens is 4. The van der Waals surface area contributed by atoms with Crippen molar-refractivity contribution in [3.63, 3.8) is 0 Å². The average molecular weight is 631 g/mol. The van der Waals surface area contributed by atoms with E-state index >= 15 is 0 Å². The van der Waals surface area contributed by atoms with Crippen LogP contribution in [0.4, 0.5) is 17.2 Å². The molecular formula is C29H42N8O6S. The number of unbranched alkanes of at least 4 members (excludes halogenated alkanes) is 1. The minimum Gasteiger partial charge on any atom is -0.397 e. The number of hydrogen-bond acceptors (Lipinski definition) is 11. The van der Waals surface area contributed by atoms with Crippen LogP contribution in [0, 0.1) is 0 Å². The molecule has 14 nitrogen and oxygen atoms in total. The number of sulfonamides is 1. The Morgan fingerprint density at radius 1 is 1.11 bits per heavy atom. The fourth-order valence-electron chi connectivity index (χ4n) is 5.60. The number of benzene rings is 1. The van der Waals surface area contributed by atoms with Gasteiger partial charge in [0.2, 0.25) is 15.9 Å². The summed E-state index contributed by atoms with van der Waals surface area (Å²) in [7, 11) is -3.61. The lowest BCUT2D eigenvalue weighted by molar-refractivity contribution is -0.196. The molecule has 5 N–H and O–H groups in total. The summed E-state index contributed by atoms with van der Waals surface area (Å²) in [4.78, 5) is 25.4. The number of hydrogen-bond donors (Lipinski definition) is 3. The maximum atomic E-state index is 12.8. The van der Waals surface area contributed by atoms with Crippen LogP contribution in [0.15, 0.2) is 30.9 Å². The van der Waals surface area contributed by atoms with E-state index in [0.717, 1.165) is 11.8 Å². The molecule has 4 atom stereocenters. The highest BCUT2D eigenvalue weighted by Gasteiger charge is 2.56. The number of nitrogens with two attached hydrogens (primary N) is 2. The minimum atomic E-state index is -3.61. The third-order valence-electron chi connectivity index (χ3n) is 7.89. The van der Waals surface area contributed by atoms with Gasteiger partial charge in [0, 0.05) is 19.5 Å². The largest absolute Gasteiger partial charge is 0.397 e. The SMILES string of the molecule is CC1(C)O[C@@H]2[C@H](O1)[C@@H](CN(CCCCC(=O)Nc1cc(C(C)(C)C)ccc1N)S(C)(=O)=O)O[C@H]2n1cnc2c(N)ncnc21. The van der Waals surface area contributed by atoms with Gasteiger partial charge >= 0.3 is 0 Å². The number of imidazole rings is 1. The third kappa shape index (κ3) is 6.81. The zero-order valence-electron chi connectivity index (χ0n) is 26.0. The molecule has 2 aliphatic heterocycles. The number of nitrogens with zero attached hydrogens (tertiary/aromatic N) is 5. The molecule has 0 bridgehead atoms. The van der Waals surface area contributed by atoms with E-state index in [2.05, 4.69) is 41.0 Å². The van der Waals surface area contributed by atoms with Gasteiger partial charge in [-0.3, -0.25) is 9.36 Å². The van der Waals surface area contributed by atoms with Crippen molar-refractivity contribution in [2.45, 2.75) is 89.6 Å². The van der Waals surface area contributed by atoms with Crippen LogP contribution in [0.25, 0.3) is 11.2 Å². The van der Waals surface area contributed by atoms with E-state index in [1.165, 1.54) is 10.6 Å². The third-order valence-corrected chi connectivity index (χ3v) is 9.16. The molecule has 0 aliphatic carbocycles. The molecule has 0 saturated carbocycles. The first-order chi connectivity index (χ1) is 20.5. The van der Waals surface area contributed by atoms with Crippen molar-refractivity contribution < 1.29 is 27.4 Å². The van der Waals surface area contributed by atoms with Crippen LogP contribution >= 0.6 is 0 Å². The zero-order valence-corrected chi connectivity index (χ0v) is 26.8. The van der Waals surface area contributed by atoms with Crippen molar-refractivity contribution in [1.29, 1.82) is 0 Å². The molecule has 4 heterocycles. The predicted octanol–water partition coefficient (Wildman–Crippen LogP) is 2.78. The summed E-state index contributed by atoms with van der Waals surface area (Å²) in [5.74, 6) is -0.851. The van der Waals surface area contributed by atoms with Crippen LogP contribution in [-0.4, -0.2) is 81.6 Å². The molecular weight excluding hydrogens is 588 g/mol. The molecule has 2 fully saturated rings. The average Bonchev–Trinajstić information content (AvgIpc) is 3.57. The number of carbonyl (C=O) groups is 1. The lowest BCUT2D eigenvalue weighted by Crippen LogP contribution is -2.42. The minimum absolute atomic E-state index is 0.0437. The Morgan fingerprint density at radius 3 is 2.55 bits per heavy atom. The molecule has 2 aromatic heterocycles. The molecule has 2 saturated heterocycles. The number of nitrogens with one attached hydrogen (secondary N) is 1. The Balaban J connectivity index is 1.23. The molecule has 15 heteroatoms. The highest BCUT2D eigenvalue weighted by Crippen LogP contribution is 2.44. The van der Waals surface area contributed by atoms with Gasteiger partial charge in [0.05, 0.1) is 24.0 Å². The Bertz CT molecular complexity index is 1640. The lowest BCUT2D eigenvalue weighted by Gasteiger charge is -2.28. The second kappa shape index (κ2) is 11.9. The van der Waals surface area contributed by atoms with Crippen molar-refractivity contribution in [2.75, 3.05) is 36.1 Å². The number of amides is 1. The van der Waals surface area contributed by atoms with E-state index in [-0.39, 0.29) is 36.7 Å². The molecule has 240 valence electrons. The van der Waals surface area contributed by atoms with Gasteiger partial charge in [-0.1, -0.05) is 26.8 Å². The van der Waals surface area contributed by atoms with Gasteiger partial charge in [0.1, 0.15) is 30.2 Å². The Kier molecular flexibility index (Phi) is 8.63. The summed E-state index contributed by atoms with van der Waals surface area (Å²) in [6.45, 7) is 10.1. The van der Waals surface area contributed by atoms with Gasteiger partial charge < -0.3 is 31.0 Å². The van der Waals surface area contributed by atoms with E-state index in [0.29, 0.717) is 35.4 Å². The van der Waals surface area contributed by atoms with Gasteiger partial charge in [-0.15, -0.1) is 0 Å². The summed E-state index contributed by atoms with van der Waals surface area (Å²) in [6, 6.07) is 5.64. The first-order valence-corrected chi connectivity index (χ1v) is 16.5. The van der Waals surface area contributed by atoms with Crippen LogP contribution in [0.5, 0.6) is 0 Å². The van der Waals surface area contributed by atoms with Gasteiger partial charge in [0.25, 0.3) is 0 Å². The van der Waals surface area contributed by atoms with E-state index in [4.69, 9.17) is 25.7 Å². The molecule has 0 unspecified atom stereocenters. The fourth-order valence-corrected chi connectivity index (χ4v) is 6.48. The summed E-state index contributed by atoms with van der Waals surface area (Å²) in [5, 5.41) is 2.90. The van der Waals surface area contributed by atoms with Crippen LogP contribution in [0.3, 0.4) is 0 Å².